The fourth-order valence-corrected chi connectivity index (χ4v) is 4.28. The minimum atomic E-state index is -0.973. The van der Waals surface area contributed by atoms with Crippen LogP contribution in [0.5, 0.6) is 0 Å². The molecule has 6 nitrogen and oxygen atoms in total. The number of amides is 1. The summed E-state index contributed by atoms with van der Waals surface area (Å²) in [6, 6.07) is 23.5. The van der Waals surface area contributed by atoms with Crippen LogP contribution in [0.25, 0.3) is 0 Å². The van der Waals surface area contributed by atoms with E-state index < -0.39 is 12.0 Å². The number of carbonyl (C=O) groups is 2. The van der Waals surface area contributed by atoms with Gasteiger partial charge in [0.25, 0.3) is 0 Å². The van der Waals surface area contributed by atoms with Crippen molar-refractivity contribution in [2.45, 2.75) is 19.1 Å². The number of halogens is 1. The number of nitrogens with zero attached hydrogens (tertiary/aromatic N) is 2. The van der Waals surface area contributed by atoms with Crippen LogP contribution in [-0.2, 0) is 22.6 Å². The first kappa shape index (κ1) is 24.0. The molecule has 0 radical (unpaired) electrons. The van der Waals surface area contributed by atoms with Gasteiger partial charge in [0.1, 0.15) is 6.04 Å². The minimum absolute atomic E-state index is 0.0182. The molecule has 0 unspecified atom stereocenters. The molecule has 0 aromatic heterocycles. The molecular weight excluding hydrogens is 452 g/mol. The Morgan fingerprint density at radius 1 is 0.882 bits per heavy atom. The second kappa shape index (κ2) is 11.3. The number of morpholine rings is 1. The third-order valence-corrected chi connectivity index (χ3v) is 6.18. The van der Waals surface area contributed by atoms with Gasteiger partial charge in [-0.05, 0) is 41.0 Å². The van der Waals surface area contributed by atoms with E-state index in [9.17, 15) is 14.7 Å². The van der Waals surface area contributed by atoms with Crippen molar-refractivity contribution in [3.05, 3.63) is 106 Å². The molecule has 1 amide bonds. The lowest BCUT2D eigenvalue weighted by molar-refractivity contribution is -0.140. The van der Waals surface area contributed by atoms with Crippen molar-refractivity contribution >= 4 is 23.5 Å². The van der Waals surface area contributed by atoms with Gasteiger partial charge in [-0.1, -0.05) is 66.2 Å². The van der Waals surface area contributed by atoms with Crippen LogP contribution in [-0.4, -0.2) is 53.1 Å². The molecule has 0 saturated carbocycles. The average molecular weight is 479 g/mol. The monoisotopic (exact) mass is 478 g/mol. The number of ether oxygens (including phenoxy) is 1. The number of carboxylic acids is 1. The second-order valence-electron chi connectivity index (χ2n) is 8.28. The van der Waals surface area contributed by atoms with Crippen molar-refractivity contribution in [2.24, 2.45) is 0 Å². The van der Waals surface area contributed by atoms with E-state index in [0.717, 1.165) is 16.7 Å². The number of hydrogen-bond acceptors (Lipinski definition) is 4. The van der Waals surface area contributed by atoms with E-state index >= 15 is 0 Å². The van der Waals surface area contributed by atoms with Gasteiger partial charge >= 0.3 is 5.97 Å². The molecule has 0 aliphatic carbocycles. The van der Waals surface area contributed by atoms with Crippen LogP contribution in [0, 0.1) is 0 Å². The molecule has 176 valence electrons. The highest BCUT2D eigenvalue weighted by Gasteiger charge is 2.32. The van der Waals surface area contributed by atoms with Gasteiger partial charge in [-0.3, -0.25) is 9.69 Å². The summed E-state index contributed by atoms with van der Waals surface area (Å²) < 4.78 is 5.53. The standard InChI is InChI=1S/C27H27ClN2O4/c28-24-12-10-22(11-13-24)25(29-14-16-34-17-15-29)26(31)30(18-20-4-2-1-3-5-20)19-21-6-8-23(9-7-21)27(32)33/h1-13,25H,14-19H2,(H,32,33)/t25-/m1/s1. The number of benzene rings is 3. The van der Waals surface area contributed by atoms with Crippen molar-refractivity contribution in [3.63, 3.8) is 0 Å². The summed E-state index contributed by atoms with van der Waals surface area (Å²) in [7, 11) is 0. The summed E-state index contributed by atoms with van der Waals surface area (Å²) in [6.45, 7) is 3.27. The van der Waals surface area contributed by atoms with E-state index in [1.165, 1.54) is 0 Å². The highest BCUT2D eigenvalue weighted by molar-refractivity contribution is 6.30. The van der Waals surface area contributed by atoms with Gasteiger partial charge in [-0.15, -0.1) is 0 Å². The lowest BCUT2D eigenvalue weighted by atomic mass is 10.0. The van der Waals surface area contributed by atoms with E-state index in [-0.39, 0.29) is 11.5 Å². The van der Waals surface area contributed by atoms with Crippen molar-refractivity contribution in [2.75, 3.05) is 26.3 Å². The minimum Gasteiger partial charge on any atom is -0.478 e. The zero-order chi connectivity index (χ0) is 23.9. The number of carboxylic acid groups (broad SMARTS) is 1. The van der Waals surface area contributed by atoms with Crippen molar-refractivity contribution in [3.8, 4) is 0 Å². The number of carbonyl (C=O) groups excluding carboxylic acids is 1. The number of hydrogen-bond donors (Lipinski definition) is 1. The first-order chi connectivity index (χ1) is 16.5. The van der Waals surface area contributed by atoms with E-state index in [1.54, 1.807) is 24.3 Å². The second-order valence-corrected chi connectivity index (χ2v) is 8.72. The number of aromatic carboxylic acids is 1. The normalized spacial score (nSPS) is 15.0. The Labute approximate surface area is 204 Å². The first-order valence-electron chi connectivity index (χ1n) is 11.2. The Kier molecular flexibility index (Phi) is 7.95. The summed E-state index contributed by atoms with van der Waals surface area (Å²) in [5, 5.41) is 9.84. The maximum Gasteiger partial charge on any atom is 0.335 e. The smallest absolute Gasteiger partial charge is 0.335 e. The zero-order valence-corrected chi connectivity index (χ0v) is 19.5. The summed E-state index contributed by atoms with van der Waals surface area (Å²) in [5.41, 5.74) is 2.99. The van der Waals surface area contributed by atoms with Gasteiger partial charge in [0.05, 0.1) is 18.8 Å². The Hall–Kier alpha value is -3.19. The predicted octanol–water partition coefficient (Wildman–Crippen LogP) is 4.64. The molecular formula is C27H27ClN2O4. The van der Waals surface area contributed by atoms with E-state index in [4.69, 9.17) is 16.3 Å². The summed E-state index contributed by atoms with van der Waals surface area (Å²) in [4.78, 5) is 29.4. The number of rotatable bonds is 8. The van der Waals surface area contributed by atoms with Gasteiger partial charge in [-0.2, -0.15) is 0 Å². The Morgan fingerprint density at radius 2 is 1.47 bits per heavy atom. The lowest BCUT2D eigenvalue weighted by Crippen LogP contribution is -2.46. The van der Waals surface area contributed by atoms with Crippen molar-refractivity contribution in [1.82, 2.24) is 9.80 Å². The van der Waals surface area contributed by atoms with Gasteiger partial charge in [0, 0.05) is 31.2 Å². The molecule has 3 aromatic rings. The van der Waals surface area contributed by atoms with Gasteiger partial charge in [-0.25, -0.2) is 4.79 Å². The molecule has 1 aliphatic rings. The largest absolute Gasteiger partial charge is 0.478 e. The molecule has 1 atom stereocenters. The summed E-state index contributed by atoms with van der Waals surface area (Å²) in [6.07, 6.45) is 0. The van der Waals surface area contributed by atoms with Crippen LogP contribution in [0.2, 0.25) is 5.02 Å². The van der Waals surface area contributed by atoms with Crippen LogP contribution in [0.4, 0.5) is 0 Å². The molecule has 1 heterocycles. The van der Waals surface area contributed by atoms with Crippen LogP contribution in [0.3, 0.4) is 0 Å². The van der Waals surface area contributed by atoms with Crippen LogP contribution in [0.1, 0.15) is 33.1 Å². The first-order valence-corrected chi connectivity index (χ1v) is 11.6. The summed E-state index contributed by atoms with van der Waals surface area (Å²) in [5.74, 6) is -0.991. The molecule has 1 saturated heterocycles. The Balaban J connectivity index is 1.66. The molecule has 4 rings (SSSR count). The highest BCUT2D eigenvalue weighted by atomic mass is 35.5. The fourth-order valence-electron chi connectivity index (χ4n) is 4.15. The van der Waals surface area contributed by atoms with E-state index in [1.807, 2.05) is 59.5 Å². The molecule has 0 bridgehead atoms. The topological polar surface area (TPSA) is 70.1 Å². The molecule has 3 aromatic carbocycles. The zero-order valence-electron chi connectivity index (χ0n) is 18.8. The quantitative estimate of drug-likeness (QED) is 0.510. The SMILES string of the molecule is O=C(O)c1ccc(CN(Cc2ccccc2)C(=O)[C@@H](c2ccc(Cl)cc2)N2CCOCC2)cc1. The Morgan fingerprint density at radius 3 is 2.06 bits per heavy atom. The molecule has 0 spiro atoms. The third kappa shape index (κ3) is 6.03. The van der Waals surface area contributed by atoms with E-state index in [0.29, 0.717) is 44.4 Å². The van der Waals surface area contributed by atoms with Gasteiger partial charge in [0.2, 0.25) is 5.91 Å². The maximum atomic E-state index is 14.1. The van der Waals surface area contributed by atoms with Crippen molar-refractivity contribution in [1.29, 1.82) is 0 Å². The average Bonchev–Trinajstić information content (AvgIpc) is 2.86. The van der Waals surface area contributed by atoms with Gasteiger partial charge in [0.15, 0.2) is 0 Å². The molecule has 1 N–H and O–H groups in total. The summed E-state index contributed by atoms with van der Waals surface area (Å²) >= 11 is 6.12. The lowest BCUT2D eigenvalue weighted by Gasteiger charge is -2.37. The fraction of sp³-hybridized carbons (Fsp3) is 0.259. The molecule has 34 heavy (non-hydrogen) atoms. The highest BCUT2D eigenvalue weighted by Crippen LogP contribution is 2.27. The van der Waals surface area contributed by atoms with Crippen LogP contribution >= 0.6 is 11.6 Å². The van der Waals surface area contributed by atoms with Crippen molar-refractivity contribution < 1.29 is 19.4 Å². The molecule has 1 aliphatic heterocycles. The third-order valence-electron chi connectivity index (χ3n) is 5.93. The van der Waals surface area contributed by atoms with Crippen LogP contribution < -0.4 is 0 Å². The van der Waals surface area contributed by atoms with Gasteiger partial charge < -0.3 is 14.7 Å². The molecule has 7 heteroatoms. The van der Waals surface area contributed by atoms with Crippen LogP contribution in [0.15, 0.2) is 78.9 Å². The Bertz CT molecular complexity index is 1100. The maximum absolute atomic E-state index is 14.1. The molecule has 1 fully saturated rings. The van der Waals surface area contributed by atoms with E-state index in [2.05, 4.69) is 4.90 Å². The predicted molar refractivity (Wildman–Crippen MR) is 131 cm³/mol.